The molecular formula is C15H12ClNO4. The molecule has 5 nitrogen and oxygen atoms in total. The molecular weight excluding hydrogens is 294 g/mol. The third-order valence-electron chi connectivity index (χ3n) is 2.79. The third-order valence-corrected chi connectivity index (χ3v) is 3.10. The summed E-state index contributed by atoms with van der Waals surface area (Å²) in [5.41, 5.74) is 0.377. The predicted molar refractivity (Wildman–Crippen MR) is 75.3 cm³/mol. The first kappa shape index (κ1) is 14.9. The van der Waals surface area contributed by atoms with Crippen LogP contribution in [0.4, 0.5) is 0 Å². The molecule has 0 radical (unpaired) electrons. The van der Waals surface area contributed by atoms with Crippen molar-refractivity contribution in [2.45, 2.75) is 13.0 Å². The minimum absolute atomic E-state index is 0.112. The molecule has 0 spiro atoms. The number of esters is 1. The minimum atomic E-state index is -0.546. The highest BCUT2D eigenvalue weighted by molar-refractivity contribution is 6.31. The number of rotatable bonds is 4. The zero-order valence-corrected chi connectivity index (χ0v) is 12.2. The number of methoxy groups -OCH3 is 1. The van der Waals surface area contributed by atoms with Gasteiger partial charge in [-0.1, -0.05) is 11.6 Å². The molecule has 0 bridgehead atoms. The molecule has 6 heteroatoms. The molecule has 2 rings (SSSR count). The van der Waals surface area contributed by atoms with Gasteiger partial charge in [0.05, 0.1) is 17.7 Å². The van der Waals surface area contributed by atoms with Gasteiger partial charge in [0, 0.05) is 6.07 Å². The summed E-state index contributed by atoms with van der Waals surface area (Å²) in [6, 6.07) is 9.91. The molecule has 2 aromatic rings. The van der Waals surface area contributed by atoms with Crippen LogP contribution in [0.3, 0.4) is 0 Å². The van der Waals surface area contributed by atoms with Crippen molar-refractivity contribution in [1.29, 1.82) is 5.26 Å². The molecule has 0 aliphatic rings. The van der Waals surface area contributed by atoms with Gasteiger partial charge >= 0.3 is 5.97 Å². The molecule has 0 aliphatic heterocycles. The average molecular weight is 306 g/mol. The first-order valence-corrected chi connectivity index (χ1v) is 6.47. The van der Waals surface area contributed by atoms with E-state index in [2.05, 4.69) is 4.74 Å². The van der Waals surface area contributed by atoms with Gasteiger partial charge in [0.15, 0.2) is 6.10 Å². The van der Waals surface area contributed by atoms with E-state index in [1.165, 1.54) is 13.2 Å². The van der Waals surface area contributed by atoms with Crippen molar-refractivity contribution in [1.82, 2.24) is 0 Å². The smallest absolute Gasteiger partial charge is 0.373 e. The highest BCUT2D eigenvalue weighted by Crippen LogP contribution is 2.27. The molecule has 1 aromatic heterocycles. The second-order valence-electron chi connectivity index (χ2n) is 4.21. The fourth-order valence-electron chi connectivity index (χ4n) is 1.70. The van der Waals surface area contributed by atoms with Gasteiger partial charge in [-0.05, 0) is 31.2 Å². The zero-order chi connectivity index (χ0) is 15.4. The summed E-state index contributed by atoms with van der Waals surface area (Å²) in [5.74, 6) is 0.550. The van der Waals surface area contributed by atoms with E-state index in [-0.39, 0.29) is 5.76 Å². The Kier molecular flexibility index (Phi) is 4.51. The van der Waals surface area contributed by atoms with Crippen LogP contribution in [-0.4, -0.2) is 13.1 Å². The molecule has 0 amide bonds. The van der Waals surface area contributed by atoms with Crippen LogP contribution in [0.1, 0.15) is 34.9 Å². The van der Waals surface area contributed by atoms with Crippen LogP contribution in [0.25, 0.3) is 0 Å². The topological polar surface area (TPSA) is 72.5 Å². The van der Waals surface area contributed by atoms with Crippen molar-refractivity contribution in [3.05, 3.63) is 52.4 Å². The number of carbonyl (C=O) groups excluding carboxylic acids is 1. The maximum Gasteiger partial charge on any atom is 0.373 e. The summed E-state index contributed by atoms with van der Waals surface area (Å²) in [5, 5.41) is 9.13. The van der Waals surface area contributed by atoms with Crippen molar-refractivity contribution in [3.8, 4) is 11.8 Å². The van der Waals surface area contributed by atoms with Gasteiger partial charge in [-0.3, -0.25) is 0 Å². The summed E-state index contributed by atoms with van der Waals surface area (Å²) in [6.07, 6.45) is -0.424. The van der Waals surface area contributed by atoms with Gasteiger partial charge in [-0.25, -0.2) is 4.79 Å². The van der Waals surface area contributed by atoms with E-state index in [0.717, 1.165) is 0 Å². The van der Waals surface area contributed by atoms with Gasteiger partial charge in [0.1, 0.15) is 17.6 Å². The molecule has 0 saturated carbocycles. The monoisotopic (exact) mass is 305 g/mol. The predicted octanol–water partition coefficient (Wildman–Crippen LogP) is 3.73. The van der Waals surface area contributed by atoms with Crippen molar-refractivity contribution in [2.24, 2.45) is 0 Å². The van der Waals surface area contributed by atoms with E-state index in [4.69, 9.17) is 26.0 Å². The van der Waals surface area contributed by atoms with E-state index < -0.39 is 12.1 Å². The zero-order valence-electron chi connectivity index (χ0n) is 11.4. The number of furan rings is 1. The maximum absolute atomic E-state index is 11.3. The summed E-state index contributed by atoms with van der Waals surface area (Å²) in [7, 11) is 1.28. The first-order chi connectivity index (χ1) is 10.0. The van der Waals surface area contributed by atoms with Crippen LogP contribution >= 0.6 is 11.6 Å². The fourth-order valence-corrected chi connectivity index (χ4v) is 1.92. The lowest BCUT2D eigenvalue weighted by atomic mass is 10.2. The highest BCUT2D eigenvalue weighted by Gasteiger charge is 2.16. The van der Waals surface area contributed by atoms with Gasteiger partial charge in [-0.15, -0.1) is 0 Å². The Labute approximate surface area is 126 Å². The SMILES string of the molecule is COC(=O)c1ccc(C(C)Oc2ccc(C#N)c(Cl)c2)o1. The van der Waals surface area contributed by atoms with Crippen molar-refractivity contribution < 1.29 is 18.7 Å². The molecule has 1 atom stereocenters. The number of nitrogens with zero attached hydrogens (tertiary/aromatic N) is 1. The molecule has 21 heavy (non-hydrogen) atoms. The van der Waals surface area contributed by atoms with E-state index in [9.17, 15) is 4.79 Å². The standard InChI is InChI=1S/C15H12ClNO4/c1-9(13-5-6-14(21-13)15(18)19-2)20-11-4-3-10(8-17)12(16)7-11/h3-7,9H,1-2H3. The lowest BCUT2D eigenvalue weighted by molar-refractivity contribution is 0.0558. The van der Waals surface area contributed by atoms with Crippen LogP contribution in [0.2, 0.25) is 5.02 Å². The second kappa shape index (κ2) is 6.33. The molecule has 1 heterocycles. The normalized spacial score (nSPS) is 11.5. The van der Waals surface area contributed by atoms with Crippen LogP contribution < -0.4 is 4.74 Å². The maximum atomic E-state index is 11.3. The van der Waals surface area contributed by atoms with E-state index in [1.807, 2.05) is 6.07 Å². The number of hydrogen-bond acceptors (Lipinski definition) is 5. The number of hydrogen-bond donors (Lipinski definition) is 0. The first-order valence-electron chi connectivity index (χ1n) is 6.09. The quantitative estimate of drug-likeness (QED) is 0.805. The Bertz CT molecular complexity index is 702. The van der Waals surface area contributed by atoms with E-state index >= 15 is 0 Å². The largest absolute Gasteiger partial charge is 0.483 e. The number of nitriles is 1. The van der Waals surface area contributed by atoms with Crippen molar-refractivity contribution in [3.63, 3.8) is 0 Å². The fraction of sp³-hybridized carbons (Fsp3) is 0.200. The van der Waals surface area contributed by atoms with Gasteiger partial charge in [-0.2, -0.15) is 5.26 Å². The van der Waals surface area contributed by atoms with Crippen LogP contribution in [-0.2, 0) is 4.74 Å². The lowest BCUT2D eigenvalue weighted by Gasteiger charge is -2.12. The summed E-state index contributed by atoms with van der Waals surface area (Å²) >= 11 is 5.94. The molecule has 108 valence electrons. The van der Waals surface area contributed by atoms with E-state index in [1.54, 1.807) is 31.2 Å². The van der Waals surface area contributed by atoms with Crippen molar-refractivity contribution >= 4 is 17.6 Å². The molecule has 0 N–H and O–H groups in total. The van der Waals surface area contributed by atoms with Gasteiger partial charge in [0.25, 0.3) is 0 Å². The highest BCUT2D eigenvalue weighted by atomic mass is 35.5. The Morgan fingerprint density at radius 3 is 2.76 bits per heavy atom. The van der Waals surface area contributed by atoms with Crippen LogP contribution in [0.5, 0.6) is 5.75 Å². The van der Waals surface area contributed by atoms with Crippen LogP contribution in [0, 0.1) is 11.3 Å². The number of carbonyl (C=O) groups is 1. The average Bonchev–Trinajstić information content (AvgIpc) is 2.96. The Hall–Kier alpha value is -2.45. The lowest BCUT2D eigenvalue weighted by Crippen LogP contribution is -2.03. The molecule has 1 unspecified atom stereocenters. The van der Waals surface area contributed by atoms with Gasteiger partial charge < -0.3 is 13.9 Å². The Balaban J connectivity index is 2.12. The van der Waals surface area contributed by atoms with Crippen LogP contribution in [0.15, 0.2) is 34.7 Å². The molecule has 0 fully saturated rings. The second-order valence-corrected chi connectivity index (χ2v) is 4.61. The Morgan fingerprint density at radius 1 is 1.38 bits per heavy atom. The summed E-state index contributed by atoms with van der Waals surface area (Å²) in [6.45, 7) is 1.77. The Morgan fingerprint density at radius 2 is 2.14 bits per heavy atom. The number of halogens is 1. The molecule has 1 aromatic carbocycles. The number of benzene rings is 1. The van der Waals surface area contributed by atoms with E-state index in [0.29, 0.717) is 22.1 Å². The minimum Gasteiger partial charge on any atom is -0.483 e. The molecule has 0 aliphatic carbocycles. The van der Waals surface area contributed by atoms with Gasteiger partial charge in [0.2, 0.25) is 5.76 Å². The summed E-state index contributed by atoms with van der Waals surface area (Å²) < 4.78 is 15.6. The van der Waals surface area contributed by atoms with Crippen molar-refractivity contribution in [2.75, 3.05) is 7.11 Å². The summed E-state index contributed by atoms with van der Waals surface area (Å²) in [4.78, 5) is 11.3. The molecule has 0 saturated heterocycles. The number of ether oxygens (including phenoxy) is 2. The third kappa shape index (κ3) is 3.36.